The van der Waals surface area contributed by atoms with E-state index < -0.39 is 0 Å². The van der Waals surface area contributed by atoms with Crippen LogP contribution in [-0.2, 0) is 13.0 Å². The first-order valence-corrected chi connectivity index (χ1v) is 8.88. The lowest BCUT2D eigenvalue weighted by Gasteiger charge is -2.11. The number of fused-ring (bicyclic) bond motifs is 1. The highest BCUT2D eigenvalue weighted by Crippen LogP contribution is 2.25. The molecule has 0 bridgehead atoms. The molecule has 4 rings (SSSR count). The summed E-state index contributed by atoms with van der Waals surface area (Å²) in [6.45, 7) is 0.665. The van der Waals surface area contributed by atoms with Crippen LogP contribution in [0.15, 0.2) is 72.8 Å². The molecule has 1 heterocycles. The number of hydrogen-bond donors (Lipinski definition) is 0. The van der Waals surface area contributed by atoms with Gasteiger partial charge in [-0.3, -0.25) is 0 Å². The van der Waals surface area contributed by atoms with Crippen molar-refractivity contribution in [1.29, 1.82) is 0 Å². The quantitative estimate of drug-likeness (QED) is 0.434. The summed E-state index contributed by atoms with van der Waals surface area (Å²) in [6.07, 6.45) is 0.779. The minimum absolute atomic E-state index is 0.647. The minimum Gasteiger partial charge on any atom is -0.323 e. The Morgan fingerprint density at radius 2 is 1.60 bits per heavy atom. The van der Waals surface area contributed by atoms with E-state index in [-0.39, 0.29) is 0 Å². The summed E-state index contributed by atoms with van der Waals surface area (Å²) in [5.74, 6) is 1.03. The summed E-state index contributed by atoms with van der Waals surface area (Å²) in [5, 5.41) is 1.32. The molecule has 0 saturated carbocycles. The minimum atomic E-state index is 0.647. The lowest BCUT2D eigenvalue weighted by Crippen LogP contribution is -2.06. The van der Waals surface area contributed by atoms with E-state index in [2.05, 4.69) is 34.9 Å². The number of halogens is 2. The molecule has 0 aliphatic heterocycles. The van der Waals surface area contributed by atoms with Crippen molar-refractivity contribution in [2.75, 3.05) is 0 Å². The molecule has 0 amide bonds. The summed E-state index contributed by atoms with van der Waals surface area (Å²) in [4.78, 5) is 4.85. The number of para-hydroxylation sites is 2. The van der Waals surface area contributed by atoms with Crippen molar-refractivity contribution in [2.24, 2.45) is 0 Å². The molecule has 3 aromatic carbocycles. The van der Waals surface area contributed by atoms with Gasteiger partial charge in [0.05, 0.1) is 17.6 Å². The fourth-order valence-electron chi connectivity index (χ4n) is 3.04. The number of rotatable bonds is 4. The predicted molar refractivity (Wildman–Crippen MR) is 105 cm³/mol. The maximum atomic E-state index is 6.39. The van der Waals surface area contributed by atoms with Crippen LogP contribution in [0.4, 0.5) is 0 Å². The molecule has 2 nitrogen and oxygen atoms in total. The Labute approximate surface area is 156 Å². The number of imidazole rings is 1. The lowest BCUT2D eigenvalue weighted by molar-refractivity contribution is 0.762. The van der Waals surface area contributed by atoms with Crippen LogP contribution in [0.1, 0.15) is 17.0 Å². The average Bonchev–Trinajstić information content (AvgIpc) is 2.95. The van der Waals surface area contributed by atoms with Crippen molar-refractivity contribution in [3.05, 3.63) is 99.8 Å². The molecule has 4 aromatic rings. The molecule has 0 spiro atoms. The molecule has 25 heavy (non-hydrogen) atoms. The number of hydrogen-bond acceptors (Lipinski definition) is 1. The van der Waals surface area contributed by atoms with Gasteiger partial charge in [-0.2, -0.15) is 0 Å². The standard InChI is InChI=1S/C21H16Cl2N2/c22-17-11-10-16(18(23)13-17)14-25-20-9-5-4-8-19(20)24-21(25)12-15-6-2-1-3-7-15/h1-11,13H,12,14H2. The third-order valence-corrected chi connectivity index (χ3v) is 4.87. The first-order valence-electron chi connectivity index (χ1n) is 8.13. The highest BCUT2D eigenvalue weighted by molar-refractivity contribution is 6.35. The summed E-state index contributed by atoms with van der Waals surface area (Å²) < 4.78 is 2.23. The van der Waals surface area contributed by atoms with Gasteiger partial charge in [0.25, 0.3) is 0 Å². The predicted octanol–water partition coefficient (Wildman–Crippen LogP) is 5.98. The fraction of sp³-hybridized carbons (Fsp3) is 0.0952. The van der Waals surface area contributed by atoms with Crippen molar-refractivity contribution >= 4 is 34.2 Å². The molecule has 0 atom stereocenters. The number of benzene rings is 3. The lowest BCUT2D eigenvalue weighted by atomic mass is 10.1. The van der Waals surface area contributed by atoms with Gasteiger partial charge in [0.15, 0.2) is 0 Å². The van der Waals surface area contributed by atoms with Gasteiger partial charge < -0.3 is 4.57 Å². The van der Waals surface area contributed by atoms with Crippen LogP contribution in [0.2, 0.25) is 10.0 Å². The van der Waals surface area contributed by atoms with Crippen molar-refractivity contribution in [2.45, 2.75) is 13.0 Å². The van der Waals surface area contributed by atoms with Gasteiger partial charge >= 0.3 is 0 Å². The molecular formula is C21H16Cl2N2. The first-order chi connectivity index (χ1) is 12.2. The Balaban J connectivity index is 1.79. The van der Waals surface area contributed by atoms with Gasteiger partial charge in [0.1, 0.15) is 5.82 Å². The van der Waals surface area contributed by atoms with Crippen LogP contribution in [0.3, 0.4) is 0 Å². The largest absolute Gasteiger partial charge is 0.323 e. The van der Waals surface area contributed by atoms with Crippen LogP contribution in [0.25, 0.3) is 11.0 Å². The van der Waals surface area contributed by atoms with Gasteiger partial charge in [-0.1, -0.05) is 71.7 Å². The number of aromatic nitrogens is 2. The first kappa shape index (κ1) is 16.2. The van der Waals surface area contributed by atoms with Gasteiger partial charge in [-0.25, -0.2) is 4.98 Å². The summed E-state index contributed by atoms with van der Waals surface area (Å²) in [5.41, 5.74) is 4.38. The smallest absolute Gasteiger partial charge is 0.114 e. The molecule has 0 unspecified atom stereocenters. The second kappa shape index (κ2) is 6.91. The van der Waals surface area contributed by atoms with Crippen LogP contribution in [0.5, 0.6) is 0 Å². The Hall–Kier alpha value is -2.29. The van der Waals surface area contributed by atoms with Crippen molar-refractivity contribution in [1.82, 2.24) is 9.55 Å². The normalized spacial score (nSPS) is 11.1. The number of nitrogens with zero attached hydrogens (tertiary/aromatic N) is 2. The van der Waals surface area contributed by atoms with E-state index in [0.717, 1.165) is 28.8 Å². The second-order valence-electron chi connectivity index (χ2n) is 6.00. The molecule has 0 saturated heterocycles. The van der Waals surface area contributed by atoms with Crippen LogP contribution >= 0.6 is 23.2 Å². The average molecular weight is 367 g/mol. The maximum absolute atomic E-state index is 6.39. The topological polar surface area (TPSA) is 17.8 Å². The molecule has 0 fully saturated rings. The van der Waals surface area contributed by atoms with Crippen molar-refractivity contribution < 1.29 is 0 Å². The van der Waals surface area contributed by atoms with E-state index in [1.807, 2.05) is 36.4 Å². The monoisotopic (exact) mass is 366 g/mol. The Kier molecular flexibility index (Phi) is 4.48. The fourth-order valence-corrected chi connectivity index (χ4v) is 3.50. The zero-order valence-corrected chi connectivity index (χ0v) is 15.0. The van der Waals surface area contributed by atoms with E-state index in [1.165, 1.54) is 5.56 Å². The van der Waals surface area contributed by atoms with Crippen molar-refractivity contribution in [3.8, 4) is 0 Å². The van der Waals surface area contributed by atoms with Gasteiger partial charge in [0, 0.05) is 16.5 Å². The molecule has 124 valence electrons. The van der Waals surface area contributed by atoms with Crippen LogP contribution < -0.4 is 0 Å². The van der Waals surface area contributed by atoms with E-state index in [0.29, 0.717) is 16.6 Å². The molecular weight excluding hydrogens is 351 g/mol. The summed E-state index contributed by atoms with van der Waals surface area (Å²) in [6, 6.07) is 24.2. The zero-order valence-electron chi connectivity index (χ0n) is 13.5. The molecule has 4 heteroatoms. The highest BCUT2D eigenvalue weighted by Gasteiger charge is 2.13. The van der Waals surface area contributed by atoms with E-state index in [4.69, 9.17) is 28.2 Å². The van der Waals surface area contributed by atoms with Crippen LogP contribution in [0, 0.1) is 0 Å². The van der Waals surface area contributed by atoms with Gasteiger partial charge in [-0.05, 0) is 35.4 Å². The molecule has 1 aromatic heterocycles. The maximum Gasteiger partial charge on any atom is 0.114 e. The second-order valence-corrected chi connectivity index (χ2v) is 6.84. The van der Waals surface area contributed by atoms with E-state index in [1.54, 1.807) is 6.07 Å². The third kappa shape index (κ3) is 3.41. The Bertz CT molecular complexity index is 1020. The van der Waals surface area contributed by atoms with Crippen molar-refractivity contribution in [3.63, 3.8) is 0 Å². The molecule has 0 N–H and O–H groups in total. The van der Waals surface area contributed by atoms with Crippen LogP contribution in [-0.4, -0.2) is 9.55 Å². The molecule has 0 radical (unpaired) electrons. The van der Waals surface area contributed by atoms with E-state index >= 15 is 0 Å². The Morgan fingerprint density at radius 1 is 0.840 bits per heavy atom. The SMILES string of the molecule is Clc1ccc(Cn2c(Cc3ccccc3)nc3ccccc32)c(Cl)c1. The summed E-state index contributed by atoms with van der Waals surface area (Å²) in [7, 11) is 0. The van der Waals surface area contributed by atoms with Gasteiger partial charge in [0.2, 0.25) is 0 Å². The zero-order chi connectivity index (χ0) is 17.2. The van der Waals surface area contributed by atoms with E-state index in [9.17, 15) is 0 Å². The Morgan fingerprint density at radius 3 is 2.40 bits per heavy atom. The third-order valence-electron chi connectivity index (χ3n) is 4.28. The highest BCUT2D eigenvalue weighted by atomic mass is 35.5. The molecule has 0 aliphatic rings. The summed E-state index contributed by atoms with van der Waals surface area (Å²) >= 11 is 12.4. The van der Waals surface area contributed by atoms with Gasteiger partial charge in [-0.15, -0.1) is 0 Å². The molecule has 0 aliphatic carbocycles.